The van der Waals surface area contributed by atoms with Gasteiger partial charge in [0.05, 0.1) is 0 Å². The second-order valence-corrected chi connectivity index (χ2v) is 2.99. The van der Waals surface area contributed by atoms with E-state index in [-0.39, 0.29) is 0 Å². The number of furan rings is 1. The molecule has 0 aliphatic heterocycles. The Morgan fingerprint density at radius 2 is 1.93 bits per heavy atom. The molecule has 0 bridgehead atoms. The minimum atomic E-state index is 0.677. The summed E-state index contributed by atoms with van der Waals surface area (Å²) in [5.74, 6) is 1.50. The molecule has 1 heterocycles. The quantitative estimate of drug-likeness (QED) is 0.565. The molecule has 0 saturated carbocycles. The standard InChI is InChI=1S/C12H11NO2/c1-14-13-9-11-7-8-12(15-11)10-5-3-2-4-6-10/h2-9H,1H3. The molecule has 0 unspecified atom stereocenters. The van der Waals surface area contributed by atoms with E-state index in [2.05, 4.69) is 9.99 Å². The van der Waals surface area contributed by atoms with Crippen LogP contribution >= 0.6 is 0 Å². The highest BCUT2D eigenvalue weighted by Crippen LogP contribution is 2.20. The minimum Gasteiger partial charge on any atom is -0.455 e. The minimum absolute atomic E-state index is 0.677. The molecule has 0 aliphatic carbocycles. The molecule has 1 aromatic heterocycles. The van der Waals surface area contributed by atoms with Crippen molar-refractivity contribution in [3.05, 3.63) is 48.2 Å². The Hall–Kier alpha value is -2.03. The molecule has 0 aliphatic rings. The summed E-state index contributed by atoms with van der Waals surface area (Å²) in [6, 6.07) is 13.7. The summed E-state index contributed by atoms with van der Waals surface area (Å²) in [4.78, 5) is 4.57. The average Bonchev–Trinajstić information content (AvgIpc) is 2.76. The molecule has 2 aromatic rings. The molecule has 0 radical (unpaired) electrons. The number of benzene rings is 1. The zero-order chi connectivity index (χ0) is 10.5. The molecule has 3 nitrogen and oxygen atoms in total. The van der Waals surface area contributed by atoms with Crippen LogP contribution in [0.2, 0.25) is 0 Å². The highest BCUT2D eigenvalue weighted by molar-refractivity contribution is 5.76. The summed E-state index contributed by atoms with van der Waals surface area (Å²) in [6.45, 7) is 0. The van der Waals surface area contributed by atoms with Crippen LogP contribution in [-0.2, 0) is 4.84 Å². The van der Waals surface area contributed by atoms with E-state index in [4.69, 9.17) is 4.42 Å². The Balaban J connectivity index is 2.24. The fourth-order valence-corrected chi connectivity index (χ4v) is 1.28. The van der Waals surface area contributed by atoms with Crippen molar-refractivity contribution in [2.75, 3.05) is 7.11 Å². The van der Waals surface area contributed by atoms with E-state index in [0.29, 0.717) is 5.76 Å². The van der Waals surface area contributed by atoms with Gasteiger partial charge in [0.25, 0.3) is 0 Å². The van der Waals surface area contributed by atoms with E-state index < -0.39 is 0 Å². The maximum Gasteiger partial charge on any atom is 0.149 e. The molecular formula is C12H11NO2. The van der Waals surface area contributed by atoms with Crippen molar-refractivity contribution < 1.29 is 9.25 Å². The van der Waals surface area contributed by atoms with Crippen LogP contribution < -0.4 is 0 Å². The molecule has 0 fully saturated rings. The SMILES string of the molecule is CON=Cc1ccc(-c2ccccc2)o1. The number of hydrogen-bond donors (Lipinski definition) is 0. The number of nitrogens with zero attached hydrogens (tertiary/aromatic N) is 1. The first-order valence-corrected chi connectivity index (χ1v) is 4.62. The van der Waals surface area contributed by atoms with Gasteiger partial charge in [0.2, 0.25) is 0 Å². The van der Waals surface area contributed by atoms with E-state index in [9.17, 15) is 0 Å². The maximum absolute atomic E-state index is 5.54. The Kier molecular flexibility index (Phi) is 2.83. The second kappa shape index (κ2) is 4.46. The number of rotatable bonds is 3. The maximum atomic E-state index is 5.54. The van der Waals surface area contributed by atoms with Crippen molar-refractivity contribution in [1.82, 2.24) is 0 Å². The van der Waals surface area contributed by atoms with Gasteiger partial charge in [-0.25, -0.2) is 0 Å². The van der Waals surface area contributed by atoms with Crippen LogP contribution in [0.4, 0.5) is 0 Å². The van der Waals surface area contributed by atoms with Crippen LogP contribution in [0.3, 0.4) is 0 Å². The van der Waals surface area contributed by atoms with E-state index >= 15 is 0 Å². The Labute approximate surface area is 88.0 Å². The van der Waals surface area contributed by atoms with Crippen molar-refractivity contribution in [3.63, 3.8) is 0 Å². The van der Waals surface area contributed by atoms with Crippen molar-refractivity contribution in [3.8, 4) is 11.3 Å². The third-order valence-corrected chi connectivity index (χ3v) is 1.97. The molecule has 1 aromatic carbocycles. The zero-order valence-electron chi connectivity index (χ0n) is 8.38. The Morgan fingerprint density at radius 3 is 2.67 bits per heavy atom. The third-order valence-electron chi connectivity index (χ3n) is 1.97. The van der Waals surface area contributed by atoms with E-state index in [0.717, 1.165) is 11.3 Å². The van der Waals surface area contributed by atoms with Crippen molar-refractivity contribution in [2.45, 2.75) is 0 Å². The second-order valence-electron chi connectivity index (χ2n) is 2.99. The fourth-order valence-electron chi connectivity index (χ4n) is 1.28. The normalized spacial score (nSPS) is 10.7. The molecule has 76 valence electrons. The van der Waals surface area contributed by atoms with Crippen molar-refractivity contribution >= 4 is 6.21 Å². The summed E-state index contributed by atoms with van der Waals surface area (Å²) in [7, 11) is 1.50. The van der Waals surface area contributed by atoms with Crippen molar-refractivity contribution in [1.29, 1.82) is 0 Å². The molecule has 0 N–H and O–H groups in total. The van der Waals surface area contributed by atoms with Crippen LogP contribution in [0.25, 0.3) is 11.3 Å². The Morgan fingerprint density at radius 1 is 1.13 bits per heavy atom. The molecule has 2 rings (SSSR count). The van der Waals surface area contributed by atoms with Gasteiger partial charge < -0.3 is 9.25 Å². The average molecular weight is 201 g/mol. The van der Waals surface area contributed by atoms with Gasteiger partial charge in [0.15, 0.2) is 0 Å². The largest absolute Gasteiger partial charge is 0.455 e. The third kappa shape index (κ3) is 2.26. The van der Waals surface area contributed by atoms with Gasteiger partial charge in [-0.15, -0.1) is 0 Å². The topological polar surface area (TPSA) is 34.7 Å². The van der Waals surface area contributed by atoms with Gasteiger partial charge in [-0.1, -0.05) is 35.5 Å². The van der Waals surface area contributed by atoms with Gasteiger partial charge in [-0.2, -0.15) is 0 Å². The zero-order valence-corrected chi connectivity index (χ0v) is 8.38. The summed E-state index contributed by atoms with van der Waals surface area (Å²) >= 11 is 0. The van der Waals surface area contributed by atoms with Crippen LogP contribution in [0.1, 0.15) is 5.76 Å². The first-order valence-electron chi connectivity index (χ1n) is 4.62. The van der Waals surface area contributed by atoms with Crippen LogP contribution in [-0.4, -0.2) is 13.3 Å². The molecule has 0 amide bonds. The molecule has 0 spiro atoms. The predicted octanol–water partition coefficient (Wildman–Crippen LogP) is 2.93. The molecule has 0 atom stereocenters. The van der Waals surface area contributed by atoms with E-state index in [1.165, 1.54) is 13.3 Å². The summed E-state index contributed by atoms with van der Waals surface area (Å²) in [6.07, 6.45) is 1.53. The summed E-state index contributed by atoms with van der Waals surface area (Å²) < 4.78 is 5.54. The highest BCUT2D eigenvalue weighted by Gasteiger charge is 2.01. The van der Waals surface area contributed by atoms with Gasteiger partial charge >= 0.3 is 0 Å². The fraction of sp³-hybridized carbons (Fsp3) is 0.0833. The van der Waals surface area contributed by atoms with E-state index in [1.807, 2.05) is 42.5 Å². The summed E-state index contributed by atoms with van der Waals surface area (Å²) in [5, 5.41) is 3.63. The van der Waals surface area contributed by atoms with E-state index in [1.54, 1.807) is 0 Å². The van der Waals surface area contributed by atoms with Gasteiger partial charge in [-0.3, -0.25) is 0 Å². The smallest absolute Gasteiger partial charge is 0.149 e. The lowest BCUT2D eigenvalue weighted by Crippen LogP contribution is -1.76. The lowest BCUT2D eigenvalue weighted by molar-refractivity contribution is 0.215. The predicted molar refractivity (Wildman–Crippen MR) is 58.7 cm³/mol. The monoisotopic (exact) mass is 201 g/mol. The molecular weight excluding hydrogens is 190 g/mol. The van der Waals surface area contributed by atoms with Gasteiger partial charge in [0.1, 0.15) is 24.8 Å². The van der Waals surface area contributed by atoms with Crippen LogP contribution in [0.5, 0.6) is 0 Å². The first kappa shape index (κ1) is 9.52. The summed E-state index contributed by atoms with van der Waals surface area (Å²) in [5.41, 5.74) is 1.05. The van der Waals surface area contributed by atoms with Gasteiger partial charge in [0, 0.05) is 5.56 Å². The lowest BCUT2D eigenvalue weighted by Gasteiger charge is -1.94. The highest BCUT2D eigenvalue weighted by atomic mass is 16.6. The molecule has 15 heavy (non-hydrogen) atoms. The van der Waals surface area contributed by atoms with Crippen LogP contribution in [0.15, 0.2) is 52.0 Å². The van der Waals surface area contributed by atoms with Crippen LogP contribution in [0, 0.1) is 0 Å². The molecule has 3 heteroatoms. The first-order chi connectivity index (χ1) is 7.40. The lowest BCUT2D eigenvalue weighted by atomic mass is 10.2. The number of oxime groups is 1. The number of hydrogen-bond acceptors (Lipinski definition) is 3. The van der Waals surface area contributed by atoms with Crippen molar-refractivity contribution in [2.24, 2.45) is 5.16 Å². The van der Waals surface area contributed by atoms with Gasteiger partial charge in [-0.05, 0) is 12.1 Å². The molecule has 0 saturated heterocycles. The Bertz CT molecular complexity index is 446.